The van der Waals surface area contributed by atoms with Crippen molar-refractivity contribution < 1.29 is 12.9 Å². The van der Waals surface area contributed by atoms with E-state index in [1.807, 2.05) is 6.92 Å². The van der Waals surface area contributed by atoms with Crippen molar-refractivity contribution in [3.05, 3.63) is 38.6 Å². The van der Waals surface area contributed by atoms with Crippen molar-refractivity contribution >= 4 is 43.2 Å². The number of sulfonamides is 1. The highest BCUT2D eigenvalue weighted by atomic mass is 79.9. The van der Waals surface area contributed by atoms with E-state index in [2.05, 4.69) is 25.8 Å². The predicted molar refractivity (Wildman–Crippen MR) is 80.7 cm³/mol. The topological polar surface area (TPSA) is 72.2 Å². The van der Waals surface area contributed by atoms with Crippen LogP contribution >= 0.6 is 27.5 Å². The Kier molecular flexibility index (Phi) is 4.13. The van der Waals surface area contributed by atoms with Gasteiger partial charge in [-0.15, -0.1) is 0 Å². The van der Waals surface area contributed by atoms with Crippen LogP contribution in [0.5, 0.6) is 0 Å². The molecule has 0 aliphatic heterocycles. The minimum atomic E-state index is -3.78. The van der Waals surface area contributed by atoms with Gasteiger partial charge >= 0.3 is 0 Å². The smallest absolute Gasteiger partial charge is 0.267 e. The van der Waals surface area contributed by atoms with Crippen LogP contribution in [-0.4, -0.2) is 13.6 Å². The van der Waals surface area contributed by atoms with Gasteiger partial charge in [0.25, 0.3) is 10.0 Å². The molecule has 0 saturated carbocycles. The third-order valence-electron chi connectivity index (χ3n) is 2.73. The molecule has 108 valence electrons. The second-order valence-electron chi connectivity index (χ2n) is 4.34. The summed E-state index contributed by atoms with van der Waals surface area (Å²) in [5, 5.41) is 4.12. The van der Waals surface area contributed by atoms with Gasteiger partial charge in [0.05, 0.1) is 5.69 Å². The lowest BCUT2D eigenvalue weighted by atomic mass is 10.2. The summed E-state index contributed by atoms with van der Waals surface area (Å²) < 4.78 is 32.7. The SMILES string of the molecule is Cc1cc(Br)c(NS(=O)(=O)c2c(C)noc2C)cc1Cl. The molecule has 1 heterocycles. The molecule has 5 nitrogen and oxygen atoms in total. The van der Waals surface area contributed by atoms with Crippen molar-refractivity contribution in [1.29, 1.82) is 0 Å². The summed E-state index contributed by atoms with van der Waals surface area (Å²) in [6.07, 6.45) is 0. The molecular weight excluding hydrogens is 368 g/mol. The molecule has 0 amide bonds. The molecule has 0 aliphatic carbocycles. The minimum Gasteiger partial charge on any atom is -0.360 e. The summed E-state index contributed by atoms with van der Waals surface area (Å²) in [5.41, 5.74) is 1.52. The van der Waals surface area contributed by atoms with Gasteiger partial charge in [0.1, 0.15) is 5.69 Å². The predicted octanol–water partition coefficient (Wildman–Crippen LogP) is 3.82. The van der Waals surface area contributed by atoms with Crippen LogP contribution in [0.15, 0.2) is 26.0 Å². The third kappa shape index (κ3) is 2.84. The van der Waals surface area contributed by atoms with E-state index in [9.17, 15) is 8.42 Å². The molecule has 0 fully saturated rings. The molecule has 0 aliphatic rings. The van der Waals surface area contributed by atoms with Crippen LogP contribution in [0.2, 0.25) is 5.02 Å². The van der Waals surface area contributed by atoms with E-state index in [-0.39, 0.29) is 10.7 Å². The third-order valence-corrected chi connectivity index (χ3v) is 5.40. The van der Waals surface area contributed by atoms with Crippen LogP contribution in [0.4, 0.5) is 5.69 Å². The number of benzene rings is 1. The van der Waals surface area contributed by atoms with Gasteiger partial charge in [-0.25, -0.2) is 8.42 Å². The zero-order valence-electron chi connectivity index (χ0n) is 11.0. The molecule has 1 aromatic carbocycles. The zero-order chi connectivity index (χ0) is 15.1. The van der Waals surface area contributed by atoms with Gasteiger partial charge in [-0.1, -0.05) is 16.8 Å². The monoisotopic (exact) mass is 378 g/mol. The molecule has 2 aromatic rings. The molecule has 0 saturated heterocycles. The van der Waals surface area contributed by atoms with Crippen molar-refractivity contribution in [3.8, 4) is 0 Å². The maximum Gasteiger partial charge on any atom is 0.267 e. The van der Waals surface area contributed by atoms with E-state index in [1.54, 1.807) is 26.0 Å². The van der Waals surface area contributed by atoms with Crippen LogP contribution in [-0.2, 0) is 10.0 Å². The lowest BCUT2D eigenvalue weighted by molar-refractivity contribution is 0.390. The molecule has 0 atom stereocenters. The molecule has 1 N–H and O–H groups in total. The summed E-state index contributed by atoms with van der Waals surface area (Å²) in [7, 11) is -3.78. The molecule has 0 radical (unpaired) electrons. The zero-order valence-corrected chi connectivity index (χ0v) is 14.1. The first-order valence-corrected chi connectivity index (χ1v) is 8.29. The number of nitrogens with one attached hydrogen (secondary N) is 1. The fourth-order valence-electron chi connectivity index (χ4n) is 1.78. The Balaban J connectivity index is 2.47. The first kappa shape index (κ1) is 15.3. The second kappa shape index (κ2) is 5.38. The first-order chi connectivity index (χ1) is 9.22. The summed E-state index contributed by atoms with van der Waals surface area (Å²) >= 11 is 9.33. The number of aromatic nitrogens is 1. The van der Waals surface area contributed by atoms with Gasteiger partial charge in [0, 0.05) is 9.50 Å². The van der Waals surface area contributed by atoms with Gasteiger partial charge in [-0.3, -0.25) is 4.72 Å². The molecule has 0 bridgehead atoms. The fourth-order valence-corrected chi connectivity index (χ4v) is 4.03. The maximum atomic E-state index is 12.4. The summed E-state index contributed by atoms with van der Waals surface area (Å²) in [6, 6.07) is 3.30. The largest absolute Gasteiger partial charge is 0.360 e. The van der Waals surface area contributed by atoms with Crippen molar-refractivity contribution in [3.63, 3.8) is 0 Å². The highest BCUT2D eigenvalue weighted by molar-refractivity contribution is 9.10. The normalized spacial score (nSPS) is 11.7. The van der Waals surface area contributed by atoms with E-state index < -0.39 is 10.0 Å². The van der Waals surface area contributed by atoms with Gasteiger partial charge in [-0.2, -0.15) is 0 Å². The number of hydrogen-bond donors (Lipinski definition) is 1. The quantitative estimate of drug-likeness (QED) is 0.880. The fraction of sp³-hybridized carbons (Fsp3) is 0.250. The standard InChI is InChI=1S/C12H12BrClN2O3S/c1-6-4-9(13)11(5-10(6)14)16-20(17,18)12-7(2)15-19-8(12)3/h4-5,16H,1-3H3. The Hall–Kier alpha value is -1.05. The Labute approximate surface area is 130 Å². The Morgan fingerprint density at radius 3 is 2.50 bits per heavy atom. The molecule has 0 unspecified atom stereocenters. The van der Waals surface area contributed by atoms with Gasteiger partial charge in [0.2, 0.25) is 0 Å². The maximum absolute atomic E-state index is 12.4. The Morgan fingerprint density at radius 2 is 1.95 bits per heavy atom. The highest BCUT2D eigenvalue weighted by Crippen LogP contribution is 2.31. The van der Waals surface area contributed by atoms with E-state index in [0.717, 1.165) is 5.56 Å². The van der Waals surface area contributed by atoms with Crippen molar-refractivity contribution in [2.24, 2.45) is 0 Å². The summed E-state index contributed by atoms with van der Waals surface area (Å²) in [4.78, 5) is 0.0427. The summed E-state index contributed by atoms with van der Waals surface area (Å²) in [5.74, 6) is 0.240. The number of anilines is 1. The van der Waals surface area contributed by atoms with Crippen molar-refractivity contribution in [1.82, 2.24) is 5.16 Å². The van der Waals surface area contributed by atoms with Gasteiger partial charge in [0.15, 0.2) is 10.7 Å². The molecule has 0 spiro atoms. The van der Waals surface area contributed by atoms with Crippen LogP contribution in [0, 0.1) is 20.8 Å². The van der Waals surface area contributed by atoms with Crippen LogP contribution in [0.25, 0.3) is 0 Å². The molecule has 8 heteroatoms. The second-order valence-corrected chi connectivity index (χ2v) is 7.22. The average Bonchev–Trinajstić information content (AvgIpc) is 2.66. The number of hydrogen-bond acceptors (Lipinski definition) is 4. The number of nitrogens with zero attached hydrogens (tertiary/aromatic N) is 1. The van der Waals surface area contributed by atoms with Crippen molar-refractivity contribution in [2.75, 3.05) is 4.72 Å². The lowest BCUT2D eigenvalue weighted by Crippen LogP contribution is -2.15. The molecule has 1 aromatic heterocycles. The van der Waals surface area contributed by atoms with E-state index >= 15 is 0 Å². The van der Waals surface area contributed by atoms with Gasteiger partial charge in [-0.05, 0) is 54.4 Å². The molecule has 20 heavy (non-hydrogen) atoms. The Morgan fingerprint density at radius 1 is 1.30 bits per heavy atom. The first-order valence-electron chi connectivity index (χ1n) is 5.63. The number of rotatable bonds is 3. The van der Waals surface area contributed by atoms with E-state index in [4.69, 9.17) is 16.1 Å². The Bertz CT molecular complexity index is 752. The number of halogens is 2. The minimum absolute atomic E-state index is 0.0427. The average molecular weight is 380 g/mol. The van der Waals surface area contributed by atoms with E-state index in [0.29, 0.717) is 20.9 Å². The van der Waals surface area contributed by atoms with Crippen LogP contribution in [0.1, 0.15) is 17.0 Å². The van der Waals surface area contributed by atoms with Crippen LogP contribution in [0.3, 0.4) is 0 Å². The van der Waals surface area contributed by atoms with Crippen molar-refractivity contribution in [2.45, 2.75) is 25.7 Å². The highest BCUT2D eigenvalue weighted by Gasteiger charge is 2.25. The molecule has 2 rings (SSSR count). The summed E-state index contributed by atoms with van der Waals surface area (Å²) in [6.45, 7) is 4.95. The van der Waals surface area contributed by atoms with E-state index in [1.165, 1.54) is 0 Å². The number of aryl methyl sites for hydroxylation is 3. The molecular formula is C12H12BrClN2O3S. The lowest BCUT2D eigenvalue weighted by Gasteiger charge is -2.11. The van der Waals surface area contributed by atoms with Gasteiger partial charge < -0.3 is 4.52 Å². The van der Waals surface area contributed by atoms with Crippen LogP contribution < -0.4 is 4.72 Å².